The molecule has 0 radical (unpaired) electrons. The third-order valence-electron chi connectivity index (χ3n) is 2.35. The Morgan fingerprint density at radius 2 is 1.71 bits per heavy atom. The number of hydrogen-bond acceptors (Lipinski definition) is 2. The van der Waals surface area contributed by atoms with Crippen LogP contribution in [-0.2, 0) is 0 Å². The minimum atomic E-state index is -0.618. The Morgan fingerprint density at radius 1 is 1.29 bits per heavy atom. The van der Waals surface area contributed by atoms with Gasteiger partial charge in [-0.05, 0) is 49.6 Å². The zero-order valence-electron chi connectivity index (χ0n) is 8.71. The summed E-state index contributed by atoms with van der Waals surface area (Å²) in [6.07, 6.45) is -0.618. The molecule has 0 bridgehead atoms. The van der Waals surface area contributed by atoms with E-state index in [1.54, 1.807) is 6.92 Å². The van der Waals surface area contributed by atoms with Crippen LogP contribution in [0.3, 0.4) is 0 Å². The van der Waals surface area contributed by atoms with E-state index in [0.29, 0.717) is 5.02 Å². The molecule has 0 saturated heterocycles. The van der Waals surface area contributed by atoms with E-state index in [4.69, 9.17) is 17.3 Å². The molecule has 0 amide bonds. The minimum Gasteiger partial charge on any atom is -0.387 e. The van der Waals surface area contributed by atoms with Crippen LogP contribution in [0.1, 0.15) is 29.7 Å². The van der Waals surface area contributed by atoms with Crippen molar-refractivity contribution in [2.45, 2.75) is 32.9 Å². The molecule has 0 heterocycles. The van der Waals surface area contributed by atoms with Gasteiger partial charge in [-0.15, -0.1) is 0 Å². The number of halogens is 1. The summed E-state index contributed by atoms with van der Waals surface area (Å²) in [6.45, 7) is 5.65. The van der Waals surface area contributed by atoms with Gasteiger partial charge in [0, 0.05) is 11.1 Å². The molecule has 0 aliphatic carbocycles. The van der Waals surface area contributed by atoms with Crippen molar-refractivity contribution in [3.63, 3.8) is 0 Å². The van der Waals surface area contributed by atoms with Gasteiger partial charge in [-0.3, -0.25) is 0 Å². The predicted molar refractivity (Wildman–Crippen MR) is 59.5 cm³/mol. The largest absolute Gasteiger partial charge is 0.387 e. The summed E-state index contributed by atoms with van der Waals surface area (Å²) in [5, 5.41) is 10.6. The topological polar surface area (TPSA) is 46.2 Å². The van der Waals surface area contributed by atoms with Crippen molar-refractivity contribution in [1.82, 2.24) is 0 Å². The molecule has 2 atom stereocenters. The van der Waals surface area contributed by atoms with Gasteiger partial charge in [-0.2, -0.15) is 0 Å². The smallest absolute Gasteiger partial charge is 0.0943 e. The second-order valence-corrected chi connectivity index (χ2v) is 4.19. The van der Waals surface area contributed by atoms with Crippen molar-refractivity contribution in [3.8, 4) is 0 Å². The molecule has 78 valence electrons. The lowest BCUT2D eigenvalue weighted by molar-refractivity contribution is 0.152. The average Bonchev–Trinajstić information content (AvgIpc) is 2.01. The second kappa shape index (κ2) is 4.30. The molecule has 1 rings (SSSR count). The van der Waals surface area contributed by atoms with Crippen LogP contribution in [-0.4, -0.2) is 11.1 Å². The number of rotatable bonds is 2. The van der Waals surface area contributed by atoms with Gasteiger partial charge in [0.1, 0.15) is 0 Å². The lowest BCUT2D eigenvalue weighted by Crippen LogP contribution is -2.25. The van der Waals surface area contributed by atoms with Gasteiger partial charge in [0.15, 0.2) is 0 Å². The lowest BCUT2D eigenvalue weighted by Gasteiger charge is -2.19. The fraction of sp³-hybridized carbons (Fsp3) is 0.455. The molecule has 1 aromatic rings. The van der Waals surface area contributed by atoms with E-state index < -0.39 is 6.10 Å². The van der Waals surface area contributed by atoms with Crippen LogP contribution in [0.2, 0.25) is 5.02 Å². The van der Waals surface area contributed by atoms with Crippen LogP contribution in [0, 0.1) is 13.8 Å². The summed E-state index contributed by atoms with van der Waals surface area (Å²) in [7, 11) is 0. The van der Waals surface area contributed by atoms with Crippen LogP contribution in [0.25, 0.3) is 0 Å². The van der Waals surface area contributed by atoms with Crippen LogP contribution in [0.15, 0.2) is 12.1 Å². The average molecular weight is 214 g/mol. The molecule has 0 spiro atoms. The van der Waals surface area contributed by atoms with Crippen molar-refractivity contribution in [2.24, 2.45) is 5.73 Å². The fourth-order valence-corrected chi connectivity index (χ4v) is 1.98. The molecular weight excluding hydrogens is 198 g/mol. The molecule has 0 aromatic heterocycles. The maximum Gasteiger partial charge on any atom is 0.0943 e. The molecule has 3 heteroatoms. The molecule has 0 unspecified atom stereocenters. The molecule has 0 aliphatic rings. The molecule has 2 nitrogen and oxygen atoms in total. The summed E-state index contributed by atoms with van der Waals surface area (Å²) in [4.78, 5) is 0. The number of nitrogens with two attached hydrogens (primary N) is 1. The SMILES string of the molecule is Cc1cc(Cl)cc(C)c1[C@@H](O)[C@H](C)N. The Morgan fingerprint density at radius 3 is 2.07 bits per heavy atom. The number of hydrogen-bond donors (Lipinski definition) is 2. The first-order chi connectivity index (χ1) is 6.43. The highest BCUT2D eigenvalue weighted by Gasteiger charge is 2.17. The highest BCUT2D eigenvalue weighted by Crippen LogP contribution is 2.26. The zero-order chi connectivity index (χ0) is 10.9. The standard InChI is InChI=1S/C11H16ClNO/c1-6-4-9(12)5-7(2)10(6)11(14)8(3)13/h4-5,8,11,14H,13H2,1-3H3/t8-,11-/m0/s1. The van der Waals surface area contributed by atoms with E-state index >= 15 is 0 Å². The maximum absolute atomic E-state index is 9.88. The molecule has 0 aliphatic heterocycles. The van der Waals surface area contributed by atoms with Crippen molar-refractivity contribution >= 4 is 11.6 Å². The van der Waals surface area contributed by atoms with E-state index in [9.17, 15) is 5.11 Å². The van der Waals surface area contributed by atoms with E-state index in [-0.39, 0.29) is 6.04 Å². The Kier molecular flexibility index (Phi) is 3.53. The first kappa shape index (κ1) is 11.5. The molecule has 0 saturated carbocycles. The second-order valence-electron chi connectivity index (χ2n) is 3.76. The number of benzene rings is 1. The van der Waals surface area contributed by atoms with E-state index in [2.05, 4.69) is 0 Å². The van der Waals surface area contributed by atoms with Crippen molar-refractivity contribution in [3.05, 3.63) is 33.8 Å². The zero-order valence-corrected chi connectivity index (χ0v) is 9.47. The van der Waals surface area contributed by atoms with Gasteiger partial charge in [-0.1, -0.05) is 11.6 Å². The van der Waals surface area contributed by atoms with E-state index in [1.165, 1.54) is 0 Å². The van der Waals surface area contributed by atoms with Gasteiger partial charge in [0.25, 0.3) is 0 Å². The Balaban J connectivity index is 3.20. The fourth-order valence-electron chi connectivity index (χ4n) is 1.65. The summed E-state index contributed by atoms with van der Waals surface area (Å²) in [5.74, 6) is 0. The molecule has 3 N–H and O–H groups in total. The Hall–Kier alpha value is -0.570. The number of aliphatic hydroxyl groups is 1. The normalized spacial score (nSPS) is 15.3. The van der Waals surface area contributed by atoms with E-state index in [0.717, 1.165) is 16.7 Å². The maximum atomic E-state index is 9.88. The Bertz CT molecular complexity index is 313. The molecule has 14 heavy (non-hydrogen) atoms. The van der Waals surface area contributed by atoms with Gasteiger partial charge in [0.05, 0.1) is 6.10 Å². The lowest BCUT2D eigenvalue weighted by atomic mass is 9.95. The van der Waals surface area contributed by atoms with Crippen molar-refractivity contribution < 1.29 is 5.11 Å². The van der Waals surface area contributed by atoms with Gasteiger partial charge >= 0.3 is 0 Å². The first-order valence-corrected chi connectivity index (χ1v) is 5.01. The van der Waals surface area contributed by atoms with Crippen LogP contribution in [0.5, 0.6) is 0 Å². The molecular formula is C11H16ClNO. The van der Waals surface area contributed by atoms with Crippen LogP contribution < -0.4 is 5.73 Å². The summed E-state index contributed by atoms with van der Waals surface area (Å²) >= 11 is 5.89. The minimum absolute atomic E-state index is 0.270. The highest BCUT2D eigenvalue weighted by atomic mass is 35.5. The third kappa shape index (κ3) is 2.27. The Labute approximate surface area is 89.7 Å². The summed E-state index contributed by atoms with van der Waals surface area (Å²) in [5.41, 5.74) is 8.53. The predicted octanol–water partition coefficient (Wildman–Crippen LogP) is 2.34. The quantitative estimate of drug-likeness (QED) is 0.792. The molecule has 0 fully saturated rings. The van der Waals surface area contributed by atoms with Gasteiger partial charge < -0.3 is 10.8 Å². The third-order valence-corrected chi connectivity index (χ3v) is 2.57. The monoisotopic (exact) mass is 213 g/mol. The van der Waals surface area contributed by atoms with Crippen LogP contribution in [0.4, 0.5) is 0 Å². The van der Waals surface area contributed by atoms with Crippen molar-refractivity contribution in [2.75, 3.05) is 0 Å². The van der Waals surface area contributed by atoms with Crippen molar-refractivity contribution in [1.29, 1.82) is 0 Å². The summed E-state index contributed by atoms with van der Waals surface area (Å²) < 4.78 is 0. The van der Waals surface area contributed by atoms with Gasteiger partial charge in [0.2, 0.25) is 0 Å². The first-order valence-electron chi connectivity index (χ1n) is 4.63. The molecule has 1 aromatic carbocycles. The van der Waals surface area contributed by atoms with E-state index in [1.807, 2.05) is 26.0 Å². The number of aliphatic hydroxyl groups excluding tert-OH is 1. The highest BCUT2D eigenvalue weighted by molar-refractivity contribution is 6.30. The van der Waals surface area contributed by atoms with Gasteiger partial charge in [-0.25, -0.2) is 0 Å². The van der Waals surface area contributed by atoms with Crippen LogP contribution >= 0.6 is 11.6 Å². The number of aryl methyl sites for hydroxylation is 2. The summed E-state index contributed by atoms with van der Waals surface area (Å²) in [6, 6.07) is 3.42.